The van der Waals surface area contributed by atoms with Gasteiger partial charge in [0.05, 0.1) is 28.7 Å². The van der Waals surface area contributed by atoms with Crippen LogP contribution in [0.15, 0.2) is 24.5 Å². The summed E-state index contributed by atoms with van der Waals surface area (Å²) in [6.07, 6.45) is -2.87. The molecule has 1 aromatic heterocycles. The maximum absolute atomic E-state index is 12.9. The molecule has 1 unspecified atom stereocenters. The molecule has 0 aliphatic carbocycles. The van der Waals surface area contributed by atoms with Gasteiger partial charge in [-0.15, -0.1) is 4.72 Å². The molecule has 2 atom stereocenters. The van der Waals surface area contributed by atoms with E-state index in [9.17, 15) is 17.7 Å². The first-order valence-corrected chi connectivity index (χ1v) is 9.22. The molecule has 26 heavy (non-hydrogen) atoms. The summed E-state index contributed by atoms with van der Waals surface area (Å²) in [7, 11) is 0. The van der Waals surface area contributed by atoms with Gasteiger partial charge in [0.2, 0.25) is 0 Å². The molecule has 0 radical (unpaired) electrons. The van der Waals surface area contributed by atoms with Crippen molar-refractivity contribution < 1.29 is 22.5 Å². The van der Waals surface area contributed by atoms with Gasteiger partial charge in [0.1, 0.15) is 23.4 Å². The molecule has 0 fully saturated rings. The lowest BCUT2D eigenvalue weighted by molar-refractivity contribution is -0.137. The number of halogens is 3. The van der Waals surface area contributed by atoms with Gasteiger partial charge in [0.25, 0.3) is 0 Å². The van der Waals surface area contributed by atoms with Crippen LogP contribution in [0.1, 0.15) is 50.7 Å². The van der Waals surface area contributed by atoms with Crippen molar-refractivity contribution in [2.75, 3.05) is 0 Å². The van der Waals surface area contributed by atoms with E-state index in [1.54, 1.807) is 10.9 Å². The van der Waals surface area contributed by atoms with E-state index in [4.69, 9.17) is 4.74 Å². The van der Waals surface area contributed by atoms with Crippen LogP contribution in [0.2, 0.25) is 0 Å². The van der Waals surface area contributed by atoms with Crippen molar-refractivity contribution in [2.45, 2.75) is 51.3 Å². The SMILES string of the molecule is CC(N[S@@+]([O-])C(C)(C)C)c1ncn2c1COc1cc(C(F)(F)F)ccc1-2. The average Bonchev–Trinajstić information content (AvgIpc) is 2.96. The molecule has 5 nitrogen and oxygen atoms in total. The standard InChI is InChI=1S/C17H20F3N3O2S/c1-10(22-26(24)16(2,3)4)15-13-8-25-14-7-11(17(18,19)20)5-6-12(14)23(13)9-21-15/h5-7,9-10,22H,8H2,1-4H3/t10?,26-/m0/s1. The summed E-state index contributed by atoms with van der Waals surface area (Å²) in [5.74, 6) is 0.162. The van der Waals surface area contributed by atoms with Crippen molar-refractivity contribution in [1.82, 2.24) is 14.3 Å². The number of rotatable bonds is 3. The minimum atomic E-state index is -4.42. The normalized spacial score (nSPS) is 16.5. The third-order valence-electron chi connectivity index (χ3n) is 4.06. The monoisotopic (exact) mass is 387 g/mol. The molecule has 0 saturated heterocycles. The molecule has 2 aromatic rings. The van der Waals surface area contributed by atoms with Gasteiger partial charge in [-0.3, -0.25) is 4.57 Å². The van der Waals surface area contributed by atoms with Gasteiger partial charge in [-0.05, 0) is 45.9 Å². The summed E-state index contributed by atoms with van der Waals surface area (Å²) >= 11 is -1.28. The van der Waals surface area contributed by atoms with Gasteiger partial charge in [-0.1, -0.05) is 0 Å². The molecule has 1 aliphatic rings. The third-order valence-corrected chi connectivity index (χ3v) is 5.74. The first-order valence-electron chi connectivity index (χ1n) is 8.07. The smallest absolute Gasteiger partial charge is 0.416 e. The van der Waals surface area contributed by atoms with Crippen molar-refractivity contribution in [3.63, 3.8) is 0 Å². The minimum Gasteiger partial charge on any atom is -0.598 e. The highest BCUT2D eigenvalue weighted by Gasteiger charge is 2.34. The lowest BCUT2D eigenvalue weighted by Crippen LogP contribution is -2.40. The highest BCUT2D eigenvalue weighted by molar-refractivity contribution is 7.90. The fraction of sp³-hybridized carbons (Fsp3) is 0.471. The quantitative estimate of drug-likeness (QED) is 0.812. The van der Waals surface area contributed by atoms with E-state index in [1.807, 2.05) is 27.7 Å². The lowest BCUT2D eigenvalue weighted by atomic mass is 10.1. The van der Waals surface area contributed by atoms with E-state index in [2.05, 4.69) is 9.71 Å². The second-order valence-corrected chi connectivity index (χ2v) is 9.13. The van der Waals surface area contributed by atoms with E-state index >= 15 is 0 Å². The summed E-state index contributed by atoms with van der Waals surface area (Å²) in [6.45, 7) is 7.53. The molecule has 0 bridgehead atoms. The summed E-state index contributed by atoms with van der Waals surface area (Å²) < 4.78 is 60.8. The van der Waals surface area contributed by atoms with Crippen LogP contribution in [0.25, 0.3) is 5.69 Å². The molecule has 1 aliphatic heterocycles. The molecule has 0 saturated carbocycles. The van der Waals surface area contributed by atoms with Crippen LogP contribution in [0.4, 0.5) is 13.2 Å². The molecule has 3 rings (SSSR count). The number of nitrogens with zero attached hydrogens (tertiary/aromatic N) is 2. The molecule has 0 amide bonds. The van der Waals surface area contributed by atoms with Crippen molar-refractivity contribution in [3.05, 3.63) is 41.5 Å². The van der Waals surface area contributed by atoms with E-state index in [-0.39, 0.29) is 18.4 Å². The second-order valence-electron chi connectivity index (χ2n) is 7.14. The van der Waals surface area contributed by atoms with Crippen molar-refractivity contribution in [3.8, 4) is 11.4 Å². The van der Waals surface area contributed by atoms with E-state index in [0.717, 1.165) is 17.8 Å². The Morgan fingerprint density at radius 1 is 1.31 bits per heavy atom. The lowest BCUT2D eigenvalue weighted by Gasteiger charge is -2.27. The Balaban J connectivity index is 1.90. The Labute approximate surface area is 152 Å². The van der Waals surface area contributed by atoms with Gasteiger partial charge < -0.3 is 9.29 Å². The van der Waals surface area contributed by atoms with Crippen LogP contribution in [0.5, 0.6) is 5.75 Å². The number of imidazole rings is 1. The Morgan fingerprint density at radius 3 is 2.62 bits per heavy atom. The van der Waals surface area contributed by atoms with Gasteiger partial charge in [-0.25, -0.2) is 4.98 Å². The summed E-state index contributed by atoms with van der Waals surface area (Å²) in [5, 5.41) is 0. The van der Waals surface area contributed by atoms with Crippen LogP contribution in [-0.2, 0) is 24.1 Å². The molecule has 2 heterocycles. The highest BCUT2D eigenvalue weighted by Crippen LogP contribution is 2.38. The maximum Gasteiger partial charge on any atom is 0.416 e. The number of aromatic nitrogens is 2. The summed E-state index contributed by atoms with van der Waals surface area (Å²) in [6, 6.07) is 3.09. The van der Waals surface area contributed by atoms with Crippen molar-refractivity contribution in [1.29, 1.82) is 0 Å². The molecule has 142 valence electrons. The summed E-state index contributed by atoms with van der Waals surface area (Å²) in [4.78, 5) is 4.37. The minimum absolute atomic E-state index is 0.0951. The van der Waals surface area contributed by atoms with Gasteiger partial charge in [-0.2, -0.15) is 13.2 Å². The molecule has 1 N–H and O–H groups in total. The predicted molar refractivity (Wildman–Crippen MR) is 92.3 cm³/mol. The number of alkyl halides is 3. The number of fused-ring (bicyclic) bond motifs is 3. The Bertz CT molecular complexity index is 815. The van der Waals surface area contributed by atoms with Gasteiger partial charge in [0, 0.05) is 11.4 Å². The van der Waals surface area contributed by atoms with Gasteiger partial charge in [0.15, 0.2) is 0 Å². The number of nitrogens with one attached hydrogen (secondary N) is 1. The number of ether oxygens (including phenoxy) is 1. The predicted octanol–water partition coefficient (Wildman–Crippen LogP) is 3.90. The number of benzene rings is 1. The van der Waals surface area contributed by atoms with Crippen LogP contribution >= 0.6 is 0 Å². The highest BCUT2D eigenvalue weighted by atomic mass is 32.2. The van der Waals surface area contributed by atoms with Crippen molar-refractivity contribution >= 4 is 11.4 Å². The van der Waals surface area contributed by atoms with Crippen molar-refractivity contribution in [2.24, 2.45) is 0 Å². The second kappa shape index (κ2) is 6.47. The van der Waals surface area contributed by atoms with Gasteiger partial charge >= 0.3 is 6.18 Å². The number of hydrogen-bond donors (Lipinski definition) is 1. The van der Waals surface area contributed by atoms with E-state index < -0.39 is 27.8 Å². The number of hydrogen-bond acceptors (Lipinski definition) is 4. The summed E-state index contributed by atoms with van der Waals surface area (Å²) in [5.41, 5.74) is 1.13. The topological polar surface area (TPSA) is 62.1 Å². The van der Waals surface area contributed by atoms with E-state index in [1.165, 1.54) is 6.07 Å². The largest absolute Gasteiger partial charge is 0.598 e. The molecular weight excluding hydrogens is 367 g/mol. The average molecular weight is 387 g/mol. The Morgan fingerprint density at radius 2 is 2.00 bits per heavy atom. The zero-order chi connectivity index (χ0) is 19.3. The fourth-order valence-electron chi connectivity index (χ4n) is 2.64. The zero-order valence-corrected chi connectivity index (χ0v) is 15.7. The third kappa shape index (κ3) is 3.56. The van der Waals surface area contributed by atoms with Crippen LogP contribution in [0.3, 0.4) is 0 Å². The Kier molecular flexibility index (Phi) is 4.74. The molecule has 1 aromatic carbocycles. The van der Waals surface area contributed by atoms with Crippen LogP contribution in [-0.4, -0.2) is 18.9 Å². The zero-order valence-electron chi connectivity index (χ0n) is 14.8. The van der Waals surface area contributed by atoms with Crippen LogP contribution in [0, 0.1) is 0 Å². The Hall–Kier alpha value is -1.71. The molecule has 0 spiro atoms. The van der Waals surface area contributed by atoms with E-state index in [0.29, 0.717) is 11.4 Å². The maximum atomic E-state index is 12.9. The first kappa shape index (κ1) is 19.1. The first-order chi connectivity index (χ1) is 12.0. The molecule has 9 heteroatoms. The molecular formula is C17H20F3N3O2S. The van der Waals surface area contributed by atoms with Crippen LogP contribution < -0.4 is 9.46 Å². The fourth-order valence-corrected chi connectivity index (χ4v) is 3.43.